The molecule has 0 radical (unpaired) electrons. The molecule has 3 heterocycles. The maximum atomic E-state index is 12.9. The Morgan fingerprint density at radius 3 is 2.93 bits per heavy atom. The Balaban J connectivity index is 1.51. The molecule has 2 amide bonds. The van der Waals surface area contributed by atoms with Gasteiger partial charge in [0.15, 0.2) is 5.11 Å². The van der Waals surface area contributed by atoms with Crippen molar-refractivity contribution in [3.05, 3.63) is 60.6 Å². The van der Waals surface area contributed by atoms with Gasteiger partial charge < -0.3 is 15.2 Å². The fourth-order valence-electron chi connectivity index (χ4n) is 3.56. The molecule has 1 fully saturated rings. The van der Waals surface area contributed by atoms with Gasteiger partial charge in [0, 0.05) is 42.9 Å². The Morgan fingerprint density at radius 2 is 2.17 bits per heavy atom. The first-order valence-corrected chi connectivity index (χ1v) is 9.85. The number of hydrogen-bond acceptors (Lipinski definition) is 4. The molecular weight excluding hydrogens is 386 g/mol. The fourth-order valence-corrected chi connectivity index (χ4v) is 3.97. The summed E-state index contributed by atoms with van der Waals surface area (Å²) in [5, 5.41) is 4.41. The smallest absolute Gasteiger partial charge is 0.252 e. The largest absolute Gasteiger partial charge is 0.361 e. The quantitative estimate of drug-likeness (QED) is 0.614. The van der Waals surface area contributed by atoms with Gasteiger partial charge in [0.05, 0.1) is 6.42 Å². The van der Waals surface area contributed by atoms with Gasteiger partial charge in [-0.15, -0.1) is 0 Å². The molecule has 148 valence electrons. The molecule has 0 bridgehead atoms. The van der Waals surface area contributed by atoms with Gasteiger partial charge in [-0.1, -0.05) is 12.1 Å². The lowest BCUT2D eigenvalue weighted by molar-refractivity contribution is -0.130. The molecule has 0 spiro atoms. The highest BCUT2D eigenvalue weighted by Gasteiger charge is 2.42. The summed E-state index contributed by atoms with van der Waals surface area (Å²) in [6.07, 6.45) is 5.31. The van der Waals surface area contributed by atoms with E-state index in [0.29, 0.717) is 23.9 Å². The predicted molar refractivity (Wildman–Crippen MR) is 115 cm³/mol. The molecule has 0 aliphatic carbocycles. The van der Waals surface area contributed by atoms with Gasteiger partial charge in [-0.05, 0) is 54.4 Å². The van der Waals surface area contributed by atoms with Gasteiger partial charge in [-0.25, -0.2) is 0 Å². The number of amides is 2. The van der Waals surface area contributed by atoms with Gasteiger partial charge >= 0.3 is 0 Å². The summed E-state index contributed by atoms with van der Waals surface area (Å²) in [6.45, 7) is 2.78. The van der Waals surface area contributed by atoms with E-state index in [2.05, 4.69) is 15.3 Å². The molecule has 29 heavy (non-hydrogen) atoms. The second-order valence-corrected chi connectivity index (χ2v) is 7.27. The number of nitrogens with zero attached hydrogens (tertiary/aromatic N) is 3. The Hall–Kier alpha value is -3.26. The number of aromatic nitrogens is 2. The molecule has 7 nitrogen and oxygen atoms in total. The van der Waals surface area contributed by atoms with Gasteiger partial charge in [-0.3, -0.25) is 19.5 Å². The Kier molecular flexibility index (Phi) is 5.26. The maximum absolute atomic E-state index is 12.9. The topological polar surface area (TPSA) is 81.3 Å². The third-order valence-corrected chi connectivity index (χ3v) is 5.47. The number of hydrogen-bond donors (Lipinski definition) is 2. The summed E-state index contributed by atoms with van der Waals surface area (Å²) in [4.78, 5) is 36.2. The molecule has 1 aromatic carbocycles. The van der Waals surface area contributed by atoms with Crippen LogP contribution >= 0.6 is 12.2 Å². The Bertz CT molecular complexity index is 1070. The predicted octanol–water partition coefficient (Wildman–Crippen LogP) is 2.91. The molecule has 2 N–H and O–H groups in total. The van der Waals surface area contributed by atoms with Crippen LogP contribution in [0.25, 0.3) is 10.9 Å². The first kappa shape index (κ1) is 19.1. The number of rotatable bonds is 6. The highest BCUT2D eigenvalue weighted by Crippen LogP contribution is 2.24. The van der Waals surface area contributed by atoms with Gasteiger partial charge in [-0.2, -0.15) is 0 Å². The van der Waals surface area contributed by atoms with Crippen LogP contribution in [-0.4, -0.2) is 49.3 Å². The summed E-state index contributed by atoms with van der Waals surface area (Å²) in [7, 11) is 0. The normalized spacial score (nSPS) is 16.7. The summed E-state index contributed by atoms with van der Waals surface area (Å²) < 4.78 is 0. The van der Waals surface area contributed by atoms with Crippen LogP contribution in [0, 0.1) is 0 Å². The summed E-state index contributed by atoms with van der Waals surface area (Å²) in [6, 6.07) is 10.8. The number of fused-ring (bicyclic) bond motifs is 1. The highest BCUT2D eigenvalue weighted by atomic mass is 32.1. The molecule has 1 atom stereocenters. The van der Waals surface area contributed by atoms with Crippen molar-refractivity contribution in [1.82, 2.24) is 19.8 Å². The average molecular weight is 407 g/mol. The third-order valence-electron chi connectivity index (χ3n) is 5.01. The van der Waals surface area contributed by atoms with E-state index in [1.807, 2.05) is 54.4 Å². The Labute approximate surface area is 173 Å². The molecule has 1 saturated heterocycles. The van der Waals surface area contributed by atoms with Crippen LogP contribution in [0.4, 0.5) is 5.69 Å². The van der Waals surface area contributed by atoms with E-state index < -0.39 is 6.04 Å². The Morgan fingerprint density at radius 1 is 1.31 bits per heavy atom. The van der Waals surface area contributed by atoms with Crippen molar-refractivity contribution in [1.29, 1.82) is 0 Å². The molecule has 2 aromatic heterocycles. The van der Waals surface area contributed by atoms with Crippen molar-refractivity contribution in [2.45, 2.75) is 25.9 Å². The van der Waals surface area contributed by atoms with Crippen LogP contribution in [0.2, 0.25) is 0 Å². The minimum atomic E-state index is -0.628. The van der Waals surface area contributed by atoms with Gasteiger partial charge in [0.25, 0.3) is 5.91 Å². The number of H-pyrrole nitrogens is 1. The van der Waals surface area contributed by atoms with Crippen molar-refractivity contribution in [2.75, 3.05) is 11.9 Å². The second-order valence-electron chi connectivity index (χ2n) is 6.90. The van der Waals surface area contributed by atoms with Crippen LogP contribution in [-0.2, 0) is 16.1 Å². The lowest BCUT2D eigenvalue weighted by Crippen LogP contribution is -2.37. The molecule has 0 saturated carbocycles. The number of thiocarbonyl (C=S) groups is 1. The number of benzene rings is 1. The number of likely N-dealkylation sites (N-methyl/N-ethyl adjacent to an activating group) is 1. The lowest BCUT2D eigenvalue weighted by Gasteiger charge is -2.23. The molecule has 8 heteroatoms. The molecule has 1 aliphatic rings. The monoisotopic (exact) mass is 407 g/mol. The molecule has 1 aliphatic heterocycles. The molecule has 1 unspecified atom stereocenters. The number of aromatic amines is 1. The zero-order valence-electron chi connectivity index (χ0n) is 16.0. The van der Waals surface area contributed by atoms with Gasteiger partial charge in [0.2, 0.25) is 5.91 Å². The zero-order chi connectivity index (χ0) is 20.4. The van der Waals surface area contributed by atoms with E-state index in [1.54, 1.807) is 17.3 Å². The van der Waals surface area contributed by atoms with E-state index in [1.165, 1.54) is 0 Å². The summed E-state index contributed by atoms with van der Waals surface area (Å²) in [5.41, 5.74) is 2.56. The molecule has 3 aromatic rings. The van der Waals surface area contributed by atoms with Gasteiger partial charge in [0.1, 0.15) is 6.04 Å². The highest BCUT2D eigenvalue weighted by molar-refractivity contribution is 7.80. The van der Waals surface area contributed by atoms with Crippen LogP contribution in [0.1, 0.15) is 18.9 Å². The summed E-state index contributed by atoms with van der Waals surface area (Å²) >= 11 is 5.51. The average Bonchev–Trinajstić information content (AvgIpc) is 3.27. The minimum absolute atomic E-state index is 0.0263. The number of nitrogens with one attached hydrogen (secondary N) is 2. The van der Waals surface area contributed by atoms with Crippen LogP contribution in [0.5, 0.6) is 0 Å². The first-order chi connectivity index (χ1) is 14.1. The number of pyridine rings is 1. The van der Waals surface area contributed by atoms with Crippen molar-refractivity contribution < 1.29 is 9.59 Å². The SMILES string of the molecule is CCN1C(=O)C(CC(=O)Nc2ccc3cc[nH]c3c2)N(Cc2cccnc2)C1=S. The van der Waals surface area contributed by atoms with Crippen LogP contribution in [0.15, 0.2) is 55.0 Å². The van der Waals surface area contributed by atoms with E-state index in [0.717, 1.165) is 16.5 Å². The number of anilines is 1. The molecular formula is C21H21N5O2S. The maximum Gasteiger partial charge on any atom is 0.252 e. The van der Waals surface area contributed by atoms with E-state index in [9.17, 15) is 9.59 Å². The standard InChI is InChI=1S/C21H21N5O2S/c1-2-25-20(28)18(26(21(25)29)13-14-4-3-8-22-12-14)11-19(27)24-16-6-5-15-7-9-23-17(15)10-16/h3-10,12,18,23H,2,11,13H2,1H3,(H,24,27). The lowest BCUT2D eigenvalue weighted by atomic mass is 10.1. The van der Waals surface area contributed by atoms with E-state index >= 15 is 0 Å². The van der Waals surface area contributed by atoms with Crippen LogP contribution < -0.4 is 5.32 Å². The van der Waals surface area contributed by atoms with Crippen molar-refractivity contribution >= 4 is 45.7 Å². The van der Waals surface area contributed by atoms with Crippen LogP contribution in [0.3, 0.4) is 0 Å². The zero-order valence-corrected chi connectivity index (χ0v) is 16.8. The van der Waals surface area contributed by atoms with Crippen molar-refractivity contribution in [3.63, 3.8) is 0 Å². The second kappa shape index (κ2) is 8.00. The minimum Gasteiger partial charge on any atom is -0.361 e. The van der Waals surface area contributed by atoms with Crippen molar-refractivity contribution in [3.8, 4) is 0 Å². The number of carbonyl (C=O) groups is 2. The molecule has 4 rings (SSSR count). The third kappa shape index (κ3) is 3.84. The summed E-state index contributed by atoms with van der Waals surface area (Å²) in [5.74, 6) is -0.373. The fraction of sp³-hybridized carbons (Fsp3) is 0.238. The first-order valence-electron chi connectivity index (χ1n) is 9.44. The van der Waals surface area contributed by atoms with Crippen molar-refractivity contribution in [2.24, 2.45) is 0 Å². The number of carbonyl (C=O) groups excluding carboxylic acids is 2. The van der Waals surface area contributed by atoms with E-state index in [-0.39, 0.29) is 18.2 Å². The van der Waals surface area contributed by atoms with E-state index in [4.69, 9.17) is 12.2 Å².